The van der Waals surface area contributed by atoms with Gasteiger partial charge in [-0.3, -0.25) is 0 Å². The number of hydrogen-bond donors (Lipinski definition) is 3. The molecule has 3 N–H and O–H groups in total. The molecule has 2 unspecified atom stereocenters. The van der Waals surface area contributed by atoms with Crippen molar-refractivity contribution in [3.05, 3.63) is 29.8 Å². The summed E-state index contributed by atoms with van der Waals surface area (Å²) in [6.45, 7) is 2.20. The maximum atomic E-state index is 10.7. The fourth-order valence-corrected chi connectivity index (χ4v) is 2.47. The maximum Gasteiger partial charge on any atom is 0.335 e. The quantitative estimate of drug-likeness (QED) is 0.659. The summed E-state index contributed by atoms with van der Waals surface area (Å²) in [4.78, 5) is 10.7. The summed E-state index contributed by atoms with van der Waals surface area (Å²) in [7, 11) is 0. The Morgan fingerprint density at radius 3 is 2.65 bits per heavy atom. The Hall–Kier alpha value is -1.59. The molecule has 110 valence electrons. The van der Waals surface area contributed by atoms with Crippen LogP contribution in [0.1, 0.15) is 29.6 Å². The van der Waals surface area contributed by atoms with Crippen molar-refractivity contribution in [3.8, 4) is 5.75 Å². The van der Waals surface area contributed by atoms with E-state index < -0.39 is 5.97 Å². The first-order valence-corrected chi connectivity index (χ1v) is 7.00. The minimum atomic E-state index is -0.933. The van der Waals surface area contributed by atoms with Gasteiger partial charge in [-0.2, -0.15) is 0 Å². The third-order valence-corrected chi connectivity index (χ3v) is 3.60. The summed E-state index contributed by atoms with van der Waals surface area (Å²) < 4.78 is 5.52. The van der Waals surface area contributed by atoms with Crippen LogP contribution in [0.4, 0.5) is 0 Å². The van der Waals surface area contributed by atoms with E-state index in [4.69, 9.17) is 9.84 Å². The van der Waals surface area contributed by atoms with Crippen LogP contribution in [-0.2, 0) is 0 Å². The summed E-state index contributed by atoms with van der Waals surface area (Å²) in [6.07, 6.45) is 2.78. The minimum Gasteiger partial charge on any atom is -0.492 e. The maximum absolute atomic E-state index is 10.7. The van der Waals surface area contributed by atoms with Gasteiger partial charge in [-0.25, -0.2) is 4.79 Å². The van der Waals surface area contributed by atoms with Gasteiger partial charge in [0, 0.05) is 6.54 Å². The second-order valence-electron chi connectivity index (χ2n) is 5.22. The van der Waals surface area contributed by atoms with E-state index in [9.17, 15) is 9.90 Å². The van der Waals surface area contributed by atoms with Crippen LogP contribution in [0.3, 0.4) is 0 Å². The summed E-state index contributed by atoms with van der Waals surface area (Å²) in [5.41, 5.74) is 0.260. The van der Waals surface area contributed by atoms with Crippen molar-refractivity contribution in [3.63, 3.8) is 0 Å². The SMILES string of the molecule is O=C(O)c1ccc(OCCNCC2CCC(O)C2)cc1. The number of carboxylic acids is 1. The highest BCUT2D eigenvalue weighted by Gasteiger charge is 2.21. The van der Waals surface area contributed by atoms with Gasteiger partial charge in [0.2, 0.25) is 0 Å². The average Bonchev–Trinajstić information content (AvgIpc) is 2.84. The van der Waals surface area contributed by atoms with E-state index in [1.807, 2.05) is 0 Å². The van der Waals surface area contributed by atoms with Crippen molar-refractivity contribution in [1.29, 1.82) is 0 Å². The van der Waals surface area contributed by atoms with E-state index in [0.717, 1.165) is 32.4 Å². The van der Waals surface area contributed by atoms with E-state index in [2.05, 4.69) is 5.32 Å². The monoisotopic (exact) mass is 279 g/mol. The van der Waals surface area contributed by atoms with Gasteiger partial charge in [-0.05, 0) is 56.0 Å². The Balaban J connectivity index is 1.60. The second kappa shape index (κ2) is 7.26. The third kappa shape index (κ3) is 4.51. The molecule has 2 atom stereocenters. The van der Waals surface area contributed by atoms with E-state index in [0.29, 0.717) is 18.3 Å². The van der Waals surface area contributed by atoms with Gasteiger partial charge in [0.25, 0.3) is 0 Å². The fourth-order valence-electron chi connectivity index (χ4n) is 2.47. The molecule has 5 nitrogen and oxygen atoms in total. The Labute approximate surface area is 118 Å². The van der Waals surface area contributed by atoms with Gasteiger partial charge >= 0.3 is 5.97 Å². The molecule has 0 aromatic heterocycles. The molecule has 5 heteroatoms. The lowest BCUT2D eigenvalue weighted by Gasteiger charge is -2.11. The molecule has 1 saturated carbocycles. The van der Waals surface area contributed by atoms with Gasteiger partial charge in [0.05, 0.1) is 11.7 Å². The van der Waals surface area contributed by atoms with Crippen LogP contribution in [0.2, 0.25) is 0 Å². The highest BCUT2D eigenvalue weighted by atomic mass is 16.5. The van der Waals surface area contributed by atoms with Gasteiger partial charge in [-0.1, -0.05) is 0 Å². The second-order valence-corrected chi connectivity index (χ2v) is 5.22. The number of carbonyl (C=O) groups is 1. The zero-order chi connectivity index (χ0) is 14.4. The number of aliphatic hydroxyl groups excluding tert-OH is 1. The standard InChI is InChI=1S/C15H21NO4/c17-13-4-1-11(9-13)10-16-7-8-20-14-5-2-12(3-6-14)15(18)19/h2-3,5-6,11,13,16-17H,1,4,7-10H2,(H,18,19). The Kier molecular flexibility index (Phi) is 5.38. The molecule has 2 rings (SSSR count). The Morgan fingerprint density at radius 1 is 1.30 bits per heavy atom. The smallest absolute Gasteiger partial charge is 0.335 e. The van der Waals surface area contributed by atoms with Crippen molar-refractivity contribution < 1.29 is 19.7 Å². The van der Waals surface area contributed by atoms with Gasteiger partial charge in [0.15, 0.2) is 0 Å². The normalized spacial score (nSPS) is 21.9. The molecule has 1 aromatic rings. The molecule has 0 saturated heterocycles. The molecule has 1 fully saturated rings. The largest absolute Gasteiger partial charge is 0.492 e. The first kappa shape index (κ1) is 14.8. The number of nitrogens with one attached hydrogen (secondary N) is 1. The van der Waals surface area contributed by atoms with Crippen LogP contribution >= 0.6 is 0 Å². The number of hydrogen-bond acceptors (Lipinski definition) is 4. The highest BCUT2D eigenvalue weighted by Crippen LogP contribution is 2.24. The molecular formula is C15H21NO4. The van der Waals surface area contributed by atoms with Crippen LogP contribution < -0.4 is 10.1 Å². The molecule has 0 amide bonds. The molecule has 1 aromatic carbocycles. The summed E-state index contributed by atoms with van der Waals surface area (Å²) in [6, 6.07) is 6.39. The molecule has 1 aliphatic carbocycles. The topological polar surface area (TPSA) is 78.8 Å². The number of ether oxygens (including phenoxy) is 1. The number of rotatable bonds is 7. The highest BCUT2D eigenvalue weighted by molar-refractivity contribution is 5.87. The first-order valence-electron chi connectivity index (χ1n) is 7.00. The van der Waals surface area contributed by atoms with E-state index >= 15 is 0 Å². The molecule has 0 heterocycles. The number of aromatic carboxylic acids is 1. The van der Waals surface area contributed by atoms with E-state index in [1.54, 1.807) is 12.1 Å². The van der Waals surface area contributed by atoms with Crippen molar-refractivity contribution in [2.45, 2.75) is 25.4 Å². The molecule has 20 heavy (non-hydrogen) atoms. The van der Waals surface area contributed by atoms with Gasteiger partial charge in [0.1, 0.15) is 12.4 Å². The summed E-state index contributed by atoms with van der Waals surface area (Å²) in [5.74, 6) is 0.310. The van der Waals surface area contributed by atoms with Crippen molar-refractivity contribution in [2.24, 2.45) is 5.92 Å². The lowest BCUT2D eigenvalue weighted by Crippen LogP contribution is -2.26. The third-order valence-electron chi connectivity index (χ3n) is 3.60. The van der Waals surface area contributed by atoms with Gasteiger partial charge < -0.3 is 20.3 Å². The average molecular weight is 279 g/mol. The zero-order valence-corrected chi connectivity index (χ0v) is 11.4. The molecular weight excluding hydrogens is 258 g/mol. The predicted octanol–water partition coefficient (Wildman–Crippen LogP) is 1.51. The molecule has 0 radical (unpaired) electrons. The van der Waals surface area contributed by atoms with Crippen LogP contribution in [0.5, 0.6) is 5.75 Å². The van der Waals surface area contributed by atoms with Crippen molar-refractivity contribution >= 4 is 5.97 Å². The molecule has 0 bridgehead atoms. The summed E-state index contributed by atoms with van der Waals surface area (Å²) >= 11 is 0. The van der Waals surface area contributed by atoms with Crippen LogP contribution in [0, 0.1) is 5.92 Å². The molecule has 1 aliphatic rings. The lowest BCUT2D eigenvalue weighted by molar-refractivity contribution is 0.0697. The lowest BCUT2D eigenvalue weighted by atomic mass is 10.1. The van der Waals surface area contributed by atoms with Crippen molar-refractivity contribution in [2.75, 3.05) is 19.7 Å². The van der Waals surface area contributed by atoms with Crippen LogP contribution in [0.15, 0.2) is 24.3 Å². The van der Waals surface area contributed by atoms with E-state index in [1.165, 1.54) is 12.1 Å². The number of benzene rings is 1. The Morgan fingerprint density at radius 2 is 2.05 bits per heavy atom. The zero-order valence-electron chi connectivity index (χ0n) is 11.4. The predicted molar refractivity (Wildman–Crippen MR) is 75.1 cm³/mol. The van der Waals surface area contributed by atoms with Crippen LogP contribution in [-0.4, -0.2) is 42.0 Å². The van der Waals surface area contributed by atoms with Crippen molar-refractivity contribution in [1.82, 2.24) is 5.32 Å². The molecule has 0 aliphatic heterocycles. The van der Waals surface area contributed by atoms with Gasteiger partial charge in [-0.15, -0.1) is 0 Å². The van der Waals surface area contributed by atoms with Crippen LogP contribution in [0.25, 0.3) is 0 Å². The number of aliphatic hydroxyl groups is 1. The van der Waals surface area contributed by atoms with E-state index in [-0.39, 0.29) is 11.7 Å². The minimum absolute atomic E-state index is 0.120. The Bertz CT molecular complexity index is 432. The number of carboxylic acid groups (broad SMARTS) is 1. The first-order chi connectivity index (χ1) is 9.65. The fraction of sp³-hybridized carbons (Fsp3) is 0.533. The molecule has 0 spiro atoms. The summed E-state index contributed by atoms with van der Waals surface area (Å²) in [5, 5.41) is 21.5.